The average Bonchev–Trinajstić information content (AvgIpc) is 2.52. The highest BCUT2D eigenvalue weighted by molar-refractivity contribution is 5.87. The zero-order valence-electron chi connectivity index (χ0n) is 15.3. The van der Waals surface area contributed by atoms with E-state index in [9.17, 15) is 4.79 Å². The van der Waals surface area contributed by atoms with Crippen LogP contribution >= 0.6 is 0 Å². The van der Waals surface area contributed by atoms with Crippen molar-refractivity contribution in [3.63, 3.8) is 0 Å². The van der Waals surface area contributed by atoms with E-state index in [4.69, 9.17) is 18.9 Å². The van der Waals surface area contributed by atoms with Gasteiger partial charge in [0, 0.05) is 12.5 Å². The molecule has 0 N–H and O–H groups in total. The van der Waals surface area contributed by atoms with Crippen LogP contribution in [0.25, 0.3) is 0 Å². The number of rotatable bonds is 10. The first-order chi connectivity index (χ1) is 11.4. The Kier molecular flexibility index (Phi) is 8.16. The van der Waals surface area contributed by atoms with E-state index in [0.717, 1.165) is 18.4 Å². The molecule has 0 aliphatic heterocycles. The summed E-state index contributed by atoms with van der Waals surface area (Å²) in [6, 6.07) is 3.84. The Morgan fingerprint density at radius 1 is 1.12 bits per heavy atom. The maximum Gasteiger partial charge on any atom is 0.336 e. The highest BCUT2D eigenvalue weighted by Gasteiger charge is 2.21. The molecular formula is C19H28O5. The van der Waals surface area contributed by atoms with Crippen LogP contribution in [-0.2, 0) is 16.0 Å². The van der Waals surface area contributed by atoms with E-state index < -0.39 is 12.3 Å². The van der Waals surface area contributed by atoms with Crippen LogP contribution in [0, 0.1) is 0 Å². The fourth-order valence-electron chi connectivity index (χ4n) is 2.17. The minimum atomic E-state index is -0.763. The third-order valence-corrected chi connectivity index (χ3v) is 3.17. The van der Waals surface area contributed by atoms with Crippen LogP contribution in [0.4, 0.5) is 0 Å². The van der Waals surface area contributed by atoms with Crippen molar-refractivity contribution in [2.75, 3.05) is 13.2 Å². The third-order valence-electron chi connectivity index (χ3n) is 3.17. The monoisotopic (exact) mass is 336 g/mol. The number of hydrogen-bond donors (Lipinski definition) is 0. The van der Waals surface area contributed by atoms with E-state index in [1.165, 1.54) is 0 Å². The molecule has 0 aliphatic carbocycles. The zero-order valence-corrected chi connectivity index (χ0v) is 15.3. The van der Waals surface area contributed by atoms with E-state index in [0.29, 0.717) is 36.0 Å². The van der Waals surface area contributed by atoms with Crippen molar-refractivity contribution < 1.29 is 23.7 Å². The lowest BCUT2D eigenvalue weighted by atomic mass is 10.1. The predicted octanol–water partition coefficient (Wildman–Crippen LogP) is 4.28. The van der Waals surface area contributed by atoms with Crippen molar-refractivity contribution in [1.82, 2.24) is 0 Å². The molecule has 0 amide bonds. The summed E-state index contributed by atoms with van der Waals surface area (Å²) in [7, 11) is 0. The molecule has 24 heavy (non-hydrogen) atoms. The summed E-state index contributed by atoms with van der Waals surface area (Å²) in [6.07, 6.45) is 1.01. The number of ether oxygens (including phenoxy) is 4. The first-order valence-corrected chi connectivity index (χ1v) is 8.39. The SMILES string of the molecule is C=C(C)C(=O)OC(C)Oc1c(CCC)ccc(OCC)c1OCC. The van der Waals surface area contributed by atoms with Crippen LogP contribution in [0.15, 0.2) is 24.3 Å². The lowest BCUT2D eigenvalue weighted by Gasteiger charge is -2.22. The highest BCUT2D eigenvalue weighted by atomic mass is 16.7. The molecule has 1 atom stereocenters. The van der Waals surface area contributed by atoms with Gasteiger partial charge in [0.2, 0.25) is 12.0 Å². The second-order valence-electron chi connectivity index (χ2n) is 5.37. The fraction of sp³-hybridized carbons (Fsp3) is 0.526. The van der Waals surface area contributed by atoms with Crippen molar-refractivity contribution in [3.05, 3.63) is 29.8 Å². The van der Waals surface area contributed by atoms with Crippen molar-refractivity contribution in [1.29, 1.82) is 0 Å². The zero-order chi connectivity index (χ0) is 18.1. The van der Waals surface area contributed by atoms with Gasteiger partial charge in [0.15, 0.2) is 11.5 Å². The molecular weight excluding hydrogens is 308 g/mol. The number of carbonyl (C=O) groups excluding carboxylic acids is 1. The second kappa shape index (κ2) is 9.85. The summed E-state index contributed by atoms with van der Waals surface area (Å²) >= 11 is 0. The van der Waals surface area contributed by atoms with E-state index in [-0.39, 0.29) is 0 Å². The summed E-state index contributed by atoms with van der Waals surface area (Å²) in [5, 5.41) is 0. The Labute approximate surface area is 144 Å². The van der Waals surface area contributed by atoms with Gasteiger partial charge in [-0.15, -0.1) is 0 Å². The molecule has 0 aromatic heterocycles. The van der Waals surface area contributed by atoms with Crippen LogP contribution in [0.5, 0.6) is 17.2 Å². The van der Waals surface area contributed by atoms with E-state index in [2.05, 4.69) is 13.5 Å². The summed E-state index contributed by atoms with van der Waals surface area (Å²) < 4.78 is 22.5. The van der Waals surface area contributed by atoms with Crippen molar-refractivity contribution in [3.8, 4) is 17.2 Å². The highest BCUT2D eigenvalue weighted by Crippen LogP contribution is 2.41. The molecule has 0 fully saturated rings. The predicted molar refractivity (Wildman–Crippen MR) is 93.8 cm³/mol. The van der Waals surface area contributed by atoms with Gasteiger partial charge in [0.1, 0.15) is 0 Å². The van der Waals surface area contributed by atoms with Gasteiger partial charge in [0.05, 0.1) is 13.2 Å². The topological polar surface area (TPSA) is 54.0 Å². The first-order valence-electron chi connectivity index (χ1n) is 8.39. The van der Waals surface area contributed by atoms with E-state index in [1.54, 1.807) is 13.8 Å². The summed E-state index contributed by atoms with van der Waals surface area (Å²) in [5.41, 5.74) is 1.31. The van der Waals surface area contributed by atoms with Gasteiger partial charge >= 0.3 is 5.97 Å². The first kappa shape index (κ1) is 19.9. The van der Waals surface area contributed by atoms with Gasteiger partial charge < -0.3 is 18.9 Å². The number of carbonyl (C=O) groups is 1. The molecule has 1 unspecified atom stereocenters. The van der Waals surface area contributed by atoms with Crippen LogP contribution in [0.1, 0.15) is 46.6 Å². The number of esters is 1. The normalized spacial score (nSPS) is 11.5. The summed E-state index contributed by atoms with van der Waals surface area (Å²) in [5.74, 6) is 1.24. The van der Waals surface area contributed by atoms with Crippen molar-refractivity contribution >= 4 is 5.97 Å². The maximum absolute atomic E-state index is 11.7. The Balaban J connectivity index is 3.16. The minimum Gasteiger partial charge on any atom is -0.490 e. The van der Waals surface area contributed by atoms with Crippen LogP contribution in [-0.4, -0.2) is 25.5 Å². The molecule has 0 heterocycles. The fourth-order valence-corrected chi connectivity index (χ4v) is 2.17. The lowest BCUT2D eigenvalue weighted by molar-refractivity contribution is -0.156. The Morgan fingerprint density at radius 3 is 2.33 bits per heavy atom. The molecule has 0 spiro atoms. The molecule has 0 bridgehead atoms. The van der Waals surface area contributed by atoms with Gasteiger partial charge in [-0.2, -0.15) is 0 Å². The smallest absolute Gasteiger partial charge is 0.336 e. The van der Waals surface area contributed by atoms with E-state index >= 15 is 0 Å². The minimum absolute atomic E-state index is 0.326. The van der Waals surface area contributed by atoms with Crippen molar-refractivity contribution in [2.45, 2.75) is 53.8 Å². The van der Waals surface area contributed by atoms with Gasteiger partial charge in [-0.1, -0.05) is 26.0 Å². The van der Waals surface area contributed by atoms with E-state index in [1.807, 2.05) is 26.0 Å². The van der Waals surface area contributed by atoms with Crippen molar-refractivity contribution in [2.24, 2.45) is 0 Å². The molecule has 0 saturated carbocycles. The lowest BCUT2D eigenvalue weighted by Crippen LogP contribution is -2.22. The molecule has 0 saturated heterocycles. The van der Waals surface area contributed by atoms with Gasteiger partial charge in [-0.05, 0) is 38.8 Å². The molecule has 134 valence electrons. The molecule has 5 nitrogen and oxygen atoms in total. The summed E-state index contributed by atoms with van der Waals surface area (Å²) in [4.78, 5) is 11.7. The molecule has 0 radical (unpaired) electrons. The Bertz CT molecular complexity index is 565. The number of aryl methyl sites for hydroxylation is 1. The Morgan fingerprint density at radius 2 is 1.79 bits per heavy atom. The molecule has 1 aromatic rings. The number of benzene rings is 1. The number of hydrogen-bond acceptors (Lipinski definition) is 5. The Hall–Kier alpha value is -2.17. The third kappa shape index (κ3) is 5.48. The van der Waals surface area contributed by atoms with Gasteiger partial charge in [0.25, 0.3) is 0 Å². The standard InChI is InChI=1S/C19H28O5/c1-7-10-15-11-12-16(21-8-2)18(22-9-3)17(15)23-14(6)24-19(20)13(4)5/h11-12,14H,4,7-10H2,1-3,5-6H3. The molecule has 0 aliphatic rings. The maximum atomic E-state index is 11.7. The van der Waals surface area contributed by atoms with Crippen LogP contribution < -0.4 is 14.2 Å². The quantitative estimate of drug-likeness (QED) is 0.363. The average molecular weight is 336 g/mol. The van der Waals surface area contributed by atoms with Gasteiger partial charge in [-0.3, -0.25) is 0 Å². The molecule has 1 aromatic carbocycles. The molecule has 5 heteroatoms. The summed E-state index contributed by atoms with van der Waals surface area (Å²) in [6.45, 7) is 13.7. The second-order valence-corrected chi connectivity index (χ2v) is 5.37. The van der Waals surface area contributed by atoms with Gasteiger partial charge in [-0.25, -0.2) is 4.79 Å². The van der Waals surface area contributed by atoms with Crippen LogP contribution in [0.2, 0.25) is 0 Å². The molecule has 1 rings (SSSR count). The largest absolute Gasteiger partial charge is 0.490 e. The van der Waals surface area contributed by atoms with Crippen LogP contribution in [0.3, 0.4) is 0 Å².